The molecule has 2 atom stereocenters. The van der Waals surface area contributed by atoms with E-state index in [0.717, 1.165) is 49.4 Å². The highest BCUT2D eigenvalue weighted by atomic mass is 16.5. The lowest BCUT2D eigenvalue weighted by Gasteiger charge is -2.33. The molecular formula is C24H27N3O4. The van der Waals surface area contributed by atoms with Gasteiger partial charge in [-0.3, -0.25) is 9.59 Å². The fraction of sp³-hybridized carbons (Fsp3) is 0.417. The predicted molar refractivity (Wildman–Crippen MR) is 117 cm³/mol. The van der Waals surface area contributed by atoms with E-state index in [1.165, 1.54) is 0 Å². The van der Waals surface area contributed by atoms with Gasteiger partial charge in [-0.1, -0.05) is 12.1 Å². The Bertz CT molecular complexity index is 992. The van der Waals surface area contributed by atoms with Crippen molar-refractivity contribution in [2.75, 3.05) is 29.9 Å². The molecule has 7 nitrogen and oxygen atoms in total. The predicted octanol–water partition coefficient (Wildman–Crippen LogP) is 3.56. The summed E-state index contributed by atoms with van der Waals surface area (Å²) in [4.78, 5) is 28.1. The first-order valence-electron chi connectivity index (χ1n) is 11.0. The van der Waals surface area contributed by atoms with E-state index in [1.54, 1.807) is 6.26 Å². The van der Waals surface area contributed by atoms with Crippen molar-refractivity contribution in [2.45, 2.75) is 44.2 Å². The molecule has 1 saturated heterocycles. The second kappa shape index (κ2) is 8.59. The number of ether oxygens (including phenoxy) is 1. The summed E-state index contributed by atoms with van der Waals surface area (Å²) in [6.07, 6.45) is 5.82. The fourth-order valence-corrected chi connectivity index (χ4v) is 4.76. The summed E-state index contributed by atoms with van der Waals surface area (Å²) in [5.74, 6) is 0.662. The van der Waals surface area contributed by atoms with Crippen molar-refractivity contribution in [3.63, 3.8) is 0 Å². The zero-order valence-corrected chi connectivity index (χ0v) is 17.4. The van der Waals surface area contributed by atoms with Gasteiger partial charge >= 0.3 is 0 Å². The van der Waals surface area contributed by atoms with Crippen LogP contribution in [0.5, 0.6) is 0 Å². The number of nitrogens with one attached hydrogen (secondary N) is 2. The number of carbonyl (C=O) groups is 2. The van der Waals surface area contributed by atoms with E-state index in [9.17, 15) is 9.59 Å². The van der Waals surface area contributed by atoms with Gasteiger partial charge in [-0.15, -0.1) is 0 Å². The van der Waals surface area contributed by atoms with Gasteiger partial charge in [0.2, 0.25) is 5.91 Å². The number of hydrogen-bond donors (Lipinski definition) is 2. The number of nitrogens with zero attached hydrogens (tertiary/aromatic N) is 1. The summed E-state index contributed by atoms with van der Waals surface area (Å²) in [7, 11) is 0. The number of fused-ring (bicyclic) bond motifs is 1. The number of benzene rings is 1. The Kier molecular flexibility index (Phi) is 5.51. The van der Waals surface area contributed by atoms with Crippen LogP contribution in [0.15, 0.2) is 58.3 Å². The number of allylic oxidation sites excluding steroid dienone is 1. The van der Waals surface area contributed by atoms with Crippen LogP contribution in [0.3, 0.4) is 0 Å². The maximum atomic E-state index is 13.1. The molecule has 1 aromatic heterocycles. The monoisotopic (exact) mass is 421 g/mol. The van der Waals surface area contributed by atoms with E-state index >= 15 is 0 Å². The molecule has 0 bridgehead atoms. The number of ketones is 1. The van der Waals surface area contributed by atoms with Gasteiger partial charge < -0.3 is 24.7 Å². The summed E-state index contributed by atoms with van der Waals surface area (Å²) in [6, 6.07) is 11.1. The Balaban J connectivity index is 1.51. The van der Waals surface area contributed by atoms with Crippen molar-refractivity contribution in [1.29, 1.82) is 0 Å². The Labute approximate surface area is 181 Å². The lowest BCUT2D eigenvalue weighted by Crippen LogP contribution is -2.43. The molecule has 0 saturated carbocycles. The van der Waals surface area contributed by atoms with Gasteiger partial charge in [0.1, 0.15) is 11.8 Å². The number of furan rings is 1. The van der Waals surface area contributed by atoms with Gasteiger partial charge in [0.25, 0.3) is 0 Å². The molecule has 2 aromatic rings. The highest BCUT2D eigenvalue weighted by Gasteiger charge is 2.38. The van der Waals surface area contributed by atoms with Crippen LogP contribution in [0.1, 0.15) is 43.9 Å². The molecule has 162 valence electrons. The van der Waals surface area contributed by atoms with Crippen LogP contribution in [0.2, 0.25) is 0 Å². The number of carbonyl (C=O) groups excluding carboxylic acids is 2. The molecule has 1 aliphatic carbocycles. The van der Waals surface area contributed by atoms with Crippen molar-refractivity contribution < 1.29 is 18.7 Å². The molecular weight excluding hydrogens is 394 g/mol. The van der Waals surface area contributed by atoms with Crippen LogP contribution in [-0.4, -0.2) is 37.5 Å². The Hall–Kier alpha value is -3.06. The standard InChI is InChI=1S/C24H27N3O4/c28-20-10-3-8-18-23(20)24(21-11-5-13-31-21)27(19-9-2-1-7-17(19)26-18)15-22(29)25-14-16-6-4-12-30-16/h1-2,5,7,9,11,13,16,24,26H,3-4,6,8,10,12,14-15H2,(H,25,29)/t16-,24+/m0/s1. The topological polar surface area (TPSA) is 83.8 Å². The van der Waals surface area contributed by atoms with Gasteiger partial charge in [0.05, 0.1) is 30.3 Å². The summed E-state index contributed by atoms with van der Waals surface area (Å²) >= 11 is 0. The van der Waals surface area contributed by atoms with E-state index < -0.39 is 6.04 Å². The second-order valence-corrected chi connectivity index (χ2v) is 8.30. The number of Topliss-reactive ketones (excluding diaryl/α,β-unsaturated/α-hetero) is 1. The molecule has 3 heterocycles. The first kappa shape index (κ1) is 19.9. The Morgan fingerprint density at radius 2 is 2.06 bits per heavy atom. The summed E-state index contributed by atoms with van der Waals surface area (Å²) < 4.78 is 11.4. The molecule has 31 heavy (non-hydrogen) atoms. The highest BCUT2D eigenvalue weighted by molar-refractivity contribution is 6.01. The molecule has 1 fully saturated rings. The minimum atomic E-state index is -0.456. The van der Waals surface area contributed by atoms with E-state index in [2.05, 4.69) is 10.6 Å². The molecule has 0 unspecified atom stereocenters. The van der Waals surface area contributed by atoms with Crippen molar-refractivity contribution in [3.05, 3.63) is 59.7 Å². The third-order valence-electron chi connectivity index (χ3n) is 6.22. The van der Waals surface area contributed by atoms with Crippen LogP contribution < -0.4 is 15.5 Å². The van der Waals surface area contributed by atoms with Gasteiger partial charge in [0, 0.05) is 30.8 Å². The summed E-state index contributed by atoms with van der Waals surface area (Å²) in [6.45, 7) is 1.37. The molecule has 7 heteroatoms. The van der Waals surface area contributed by atoms with Gasteiger partial charge in [-0.25, -0.2) is 0 Å². The molecule has 1 amide bonds. The zero-order chi connectivity index (χ0) is 21.2. The number of rotatable bonds is 5. The molecule has 0 spiro atoms. The number of anilines is 2. The maximum Gasteiger partial charge on any atom is 0.239 e. The van der Waals surface area contributed by atoms with Crippen LogP contribution in [0.4, 0.5) is 11.4 Å². The molecule has 3 aliphatic rings. The van der Waals surface area contributed by atoms with E-state index in [0.29, 0.717) is 24.3 Å². The van der Waals surface area contributed by atoms with Crippen molar-refractivity contribution in [3.8, 4) is 0 Å². The van der Waals surface area contributed by atoms with Crippen molar-refractivity contribution in [1.82, 2.24) is 5.32 Å². The van der Waals surface area contributed by atoms with Gasteiger partial charge in [-0.2, -0.15) is 0 Å². The van der Waals surface area contributed by atoms with Crippen LogP contribution in [0, 0.1) is 0 Å². The minimum absolute atomic E-state index is 0.0807. The lowest BCUT2D eigenvalue weighted by atomic mass is 9.88. The molecule has 0 radical (unpaired) electrons. The number of hydrogen-bond acceptors (Lipinski definition) is 6. The van der Waals surface area contributed by atoms with Crippen molar-refractivity contribution >= 4 is 23.1 Å². The van der Waals surface area contributed by atoms with Gasteiger partial charge in [-0.05, 0) is 49.9 Å². The maximum absolute atomic E-state index is 13.1. The van der Waals surface area contributed by atoms with Crippen LogP contribution >= 0.6 is 0 Å². The van der Waals surface area contributed by atoms with Crippen LogP contribution in [-0.2, 0) is 14.3 Å². The van der Waals surface area contributed by atoms with E-state index in [-0.39, 0.29) is 24.3 Å². The minimum Gasteiger partial charge on any atom is -0.467 e. The third kappa shape index (κ3) is 3.97. The SMILES string of the molecule is O=C(CN1c2ccccc2NC2=C(C(=O)CCC2)[C@H]1c1ccco1)NC[C@@H]1CCCO1. The van der Waals surface area contributed by atoms with Crippen LogP contribution in [0.25, 0.3) is 0 Å². The van der Waals surface area contributed by atoms with Crippen molar-refractivity contribution in [2.24, 2.45) is 0 Å². The normalized spacial score (nSPS) is 23.1. The molecule has 5 rings (SSSR count). The highest BCUT2D eigenvalue weighted by Crippen LogP contribution is 2.44. The first-order chi connectivity index (χ1) is 15.2. The zero-order valence-electron chi connectivity index (χ0n) is 17.4. The average Bonchev–Trinajstić information content (AvgIpc) is 3.46. The molecule has 1 aromatic carbocycles. The average molecular weight is 421 g/mol. The van der Waals surface area contributed by atoms with E-state index in [1.807, 2.05) is 41.3 Å². The Morgan fingerprint density at radius 3 is 2.87 bits per heavy atom. The first-order valence-corrected chi connectivity index (χ1v) is 11.0. The van der Waals surface area contributed by atoms with E-state index in [4.69, 9.17) is 9.15 Å². The largest absolute Gasteiger partial charge is 0.467 e. The molecule has 2 N–H and O–H groups in total. The summed E-state index contributed by atoms with van der Waals surface area (Å²) in [5, 5.41) is 6.50. The smallest absolute Gasteiger partial charge is 0.239 e. The molecule has 2 aliphatic heterocycles. The quantitative estimate of drug-likeness (QED) is 0.768. The fourth-order valence-electron chi connectivity index (χ4n) is 4.76. The number of amides is 1. The van der Waals surface area contributed by atoms with Gasteiger partial charge in [0.15, 0.2) is 5.78 Å². The lowest BCUT2D eigenvalue weighted by molar-refractivity contribution is -0.120. The summed E-state index contributed by atoms with van der Waals surface area (Å²) in [5.41, 5.74) is 3.39. The number of para-hydroxylation sites is 2. The second-order valence-electron chi connectivity index (χ2n) is 8.30. The Morgan fingerprint density at radius 1 is 1.16 bits per heavy atom. The third-order valence-corrected chi connectivity index (χ3v) is 6.22.